The molecule has 0 unspecified atom stereocenters. The second kappa shape index (κ2) is 3.05. The summed E-state index contributed by atoms with van der Waals surface area (Å²) >= 11 is 0. The van der Waals surface area contributed by atoms with Crippen LogP contribution in [-0.2, 0) is 0 Å². The van der Waals surface area contributed by atoms with Gasteiger partial charge in [0.2, 0.25) is 0 Å². The van der Waals surface area contributed by atoms with Gasteiger partial charge in [-0.05, 0) is 32.9 Å². The highest BCUT2D eigenvalue weighted by molar-refractivity contribution is 4.67. The van der Waals surface area contributed by atoms with E-state index in [4.69, 9.17) is 0 Å². The van der Waals surface area contributed by atoms with Crippen molar-refractivity contribution in [3.63, 3.8) is 0 Å². The van der Waals surface area contributed by atoms with Gasteiger partial charge in [0.05, 0.1) is 6.17 Å². The average molecular weight is 114 g/mol. The van der Waals surface area contributed by atoms with E-state index in [-0.39, 0.29) is 0 Å². The summed E-state index contributed by atoms with van der Waals surface area (Å²) in [6.07, 6.45) is 4.59. The van der Waals surface area contributed by atoms with Crippen LogP contribution >= 0.6 is 0 Å². The fraction of sp³-hybridized carbons (Fsp3) is 1.00. The molecule has 1 heterocycles. The van der Waals surface area contributed by atoms with E-state index < -0.39 is 0 Å². The van der Waals surface area contributed by atoms with Crippen molar-refractivity contribution in [2.24, 2.45) is 0 Å². The topological polar surface area (TPSA) is 24.1 Å². The summed E-state index contributed by atoms with van der Waals surface area (Å²) in [6, 6.07) is 0. The van der Waals surface area contributed by atoms with E-state index in [2.05, 4.69) is 10.6 Å². The van der Waals surface area contributed by atoms with Crippen molar-refractivity contribution in [1.82, 2.24) is 10.6 Å². The molecule has 1 saturated heterocycles. The summed E-state index contributed by atoms with van der Waals surface area (Å²) in [5.41, 5.74) is 0. The zero-order chi connectivity index (χ0) is 5.82. The number of hydrogen-bond donors (Lipinski definition) is 2. The van der Waals surface area contributed by atoms with Crippen LogP contribution in [0.3, 0.4) is 0 Å². The van der Waals surface area contributed by atoms with Gasteiger partial charge in [0.15, 0.2) is 0 Å². The van der Waals surface area contributed by atoms with Gasteiger partial charge >= 0.3 is 0 Å². The van der Waals surface area contributed by atoms with E-state index in [0.717, 1.165) is 0 Å². The fourth-order valence-corrected chi connectivity index (χ4v) is 1.10. The summed E-state index contributed by atoms with van der Waals surface area (Å²) < 4.78 is 0. The lowest BCUT2D eigenvalue weighted by Crippen LogP contribution is -2.43. The summed E-state index contributed by atoms with van der Waals surface area (Å²) in [5.74, 6) is 0. The van der Waals surface area contributed by atoms with Crippen molar-refractivity contribution in [2.75, 3.05) is 13.6 Å². The first kappa shape index (κ1) is 6.05. The predicted octanol–water partition coefficient (Wildman–Crippen LogP) is 0.305. The van der Waals surface area contributed by atoms with Crippen LogP contribution in [0.5, 0.6) is 0 Å². The minimum Gasteiger partial charge on any atom is -0.305 e. The summed E-state index contributed by atoms with van der Waals surface area (Å²) in [5, 5.41) is 6.55. The van der Waals surface area contributed by atoms with Crippen LogP contribution in [0.2, 0.25) is 0 Å². The Morgan fingerprint density at radius 2 is 2.38 bits per heavy atom. The second-order valence-electron chi connectivity index (χ2n) is 2.29. The summed E-state index contributed by atoms with van der Waals surface area (Å²) in [4.78, 5) is 0. The first-order valence-corrected chi connectivity index (χ1v) is 3.34. The Kier molecular flexibility index (Phi) is 2.30. The molecule has 1 atom stereocenters. The zero-order valence-electron chi connectivity index (χ0n) is 5.41. The van der Waals surface area contributed by atoms with E-state index in [1.165, 1.54) is 25.8 Å². The summed E-state index contributed by atoms with van der Waals surface area (Å²) in [6.45, 7) is 1.19. The molecule has 0 spiro atoms. The molecule has 0 aromatic heterocycles. The highest BCUT2D eigenvalue weighted by atomic mass is 15.1. The van der Waals surface area contributed by atoms with Crippen molar-refractivity contribution in [2.45, 2.75) is 25.4 Å². The van der Waals surface area contributed by atoms with Crippen LogP contribution < -0.4 is 10.6 Å². The van der Waals surface area contributed by atoms with E-state index in [1.807, 2.05) is 7.05 Å². The van der Waals surface area contributed by atoms with Gasteiger partial charge in [-0.25, -0.2) is 0 Å². The molecule has 1 aliphatic heterocycles. The van der Waals surface area contributed by atoms with Crippen molar-refractivity contribution < 1.29 is 0 Å². The SMILES string of the molecule is CN[C@H]1CCCCN1. The van der Waals surface area contributed by atoms with Crippen molar-refractivity contribution in [1.29, 1.82) is 0 Å². The van der Waals surface area contributed by atoms with Gasteiger partial charge in [0.25, 0.3) is 0 Å². The third-order valence-electron chi connectivity index (χ3n) is 1.66. The predicted molar refractivity (Wildman–Crippen MR) is 34.7 cm³/mol. The largest absolute Gasteiger partial charge is 0.305 e. The second-order valence-corrected chi connectivity index (χ2v) is 2.29. The van der Waals surface area contributed by atoms with E-state index in [9.17, 15) is 0 Å². The lowest BCUT2D eigenvalue weighted by Gasteiger charge is -2.22. The van der Waals surface area contributed by atoms with Crippen molar-refractivity contribution >= 4 is 0 Å². The number of rotatable bonds is 1. The monoisotopic (exact) mass is 114 g/mol. The van der Waals surface area contributed by atoms with E-state index >= 15 is 0 Å². The van der Waals surface area contributed by atoms with E-state index in [0.29, 0.717) is 6.17 Å². The first-order valence-electron chi connectivity index (χ1n) is 3.34. The lowest BCUT2D eigenvalue weighted by atomic mass is 10.1. The third-order valence-corrected chi connectivity index (χ3v) is 1.66. The Balaban J connectivity index is 2.13. The number of hydrogen-bond acceptors (Lipinski definition) is 2. The van der Waals surface area contributed by atoms with Gasteiger partial charge in [0, 0.05) is 0 Å². The van der Waals surface area contributed by atoms with Gasteiger partial charge < -0.3 is 10.6 Å². The molecule has 0 aliphatic carbocycles. The average Bonchev–Trinajstić information content (AvgIpc) is 1.90. The van der Waals surface area contributed by atoms with Crippen LogP contribution in [0, 0.1) is 0 Å². The molecular formula is C6H14N2. The molecule has 8 heavy (non-hydrogen) atoms. The molecule has 0 radical (unpaired) electrons. The molecule has 2 heteroatoms. The Bertz CT molecular complexity index is 57.5. The molecule has 2 nitrogen and oxygen atoms in total. The van der Waals surface area contributed by atoms with Crippen LogP contribution in [0.1, 0.15) is 19.3 Å². The Hall–Kier alpha value is -0.0800. The molecule has 0 aromatic rings. The maximum atomic E-state index is 3.36. The van der Waals surface area contributed by atoms with Gasteiger partial charge in [-0.2, -0.15) is 0 Å². The standard InChI is InChI=1S/C6H14N2/c1-7-6-4-2-3-5-8-6/h6-8H,2-5H2,1H3/t6-/m1/s1. The van der Waals surface area contributed by atoms with Crippen molar-refractivity contribution in [3.05, 3.63) is 0 Å². The third kappa shape index (κ3) is 1.46. The maximum absolute atomic E-state index is 3.36. The van der Waals surface area contributed by atoms with Gasteiger partial charge in [-0.3, -0.25) is 0 Å². The highest BCUT2D eigenvalue weighted by Crippen LogP contribution is 2.02. The number of piperidine rings is 1. The Labute approximate surface area is 50.7 Å². The van der Waals surface area contributed by atoms with Crippen LogP contribution in [0.25, 0.3) is 0 Å². The highest BCUT2D eigenvalue weighted by Gasteiger charge is 2.07. The molecule has 0 amide bonds. The maximum Gasteiger partial charge on any atom is 0.0569 e. The molecule has 1 rings (SSSR count). The van der Waals surface area contributed by atoms with E-state index in [1.54, 1.807) is 0 Å². The van der Waals surface area contributed by atoms with Crippen molar-refractivity contribution in [3.8, 4) is 0 Å². The number of nitrogens with one attached hydrogen (secondary N) is 2. The normalized spacial score (nSPS) is 30.4. The van der Waals surface area contributed by atoms with Crippen LogP contribution in [-0.4, -0.2) is 19.8 Å². The van der Waals surface area contributed by atoms with Gasteiger partial charge in [-0.1, -0.05) is 0 Å². The zero-order valence-corrected chi connectivity index (χ0v) is 5.41. The molecule has 0 aromatic carbocycles. The minimum atomic E-state index is 0.587. The molecule has 48 valence electrons. The van der Waals surface area contributed by atoms with Crippen LogP contribution in [0.4, 0.5) is 0 Å². The molecule has 0 bridgehead atoms. The van der Waals surface area contributed by atoms with Gasteiger partial charge in [0.1, 0.15) is 0 Å². The Morgan fingerprint density at radius 3 is 2.75 bits per heavy atom. The quantitative estimate of drug-likeness (QED) is 0.512. The fourth-order valence-electron chi connectivity index (χ4n) is 1.10. The summed E-state index contributed by atoms with van der Waals surface area (Å²) in [7, 11) is 2.00. The molecular weight excluding hydrogens is 100 g/mol. The van der Waals surface area contributed by atoms with Crippen LogP contribution in [0.15, 0.2) is 0 Å². The molecule has 1 fully saturated rings. The smallest absolute Gasteiger partial charge is 0.0569 e. The molecule has 2 N–H and O–H groups in total. The molecule has 0 saturated carbocycles. The minimum absolute atomic E-state index is 0.587. The molecule has 1 aliphatic rings. The van der Waals surface area contributed by atoms with Gasteiger partial charge in [-0.15, -0.1) is 0 Å². The Morgan fingerprint density at radius 1 is 1.50 bits per heavy atom. The first-order chi connectivity index (χ1) is 3.93. The lowest BCUT2D eigenvalue weighted by molar-refractivity contribution is 0.363.